The van der Waals surface area contributed by atoms with Crippen LogP contribution in [0.1, 0.15) is 61.3 Å². The fourth-order valence-corrected chi connectivity index (χ4v) is 4.56. The van der Waals surface area contributed by atoms with Crippen molar-refractivity contribution in [3.8, 4) is 0 Å². The number of carbonyl (C=O) groups excluding carboxylic acids is 2. The molecule has 1 amide bonds. The molecule has 0 spiro atoms. The standard InChI is InChI=1S/C26H33N3O4/c1-26(2,3)33-25(31)29-15-11-20-6-4-5-7-22(20)24(29)32-18-19-9-13-28(14-10-19)23-8-12-27-16-21(23)17-30/h4-8,12,16-17,19,24H,9-11,13-15,18H2,1-3H3. The van der Waals surface area contributed by atoms with Crippen LogP contribution in [0.4, 0.5) is 10.5 Å². The molecule has 0 bridgehead atoms. The first kappa shape index (κ1) is 23.2. The number of ether oxygens (including phenoxy) is 2. The van der Waals surface area contributed by atoms with E-state index in [1.807, 2.05) is 45.0 Å². The normalized spacial score (nSPS) is 19.2. The summed E-state index contributed by atoms with van der Waals surface area (Å²) in [5, 5.41) is 0. The molecule has 0 aliphatic carbocycles. The third-order valence-electron chi connectivity index (χ3n) is 6.25. The van der Waals surface area contributed by atoms with E-state index < -0.39 is 11.8 Å². The Hall–Kier alpha value is -2.93. The molecular weight excluding hydrogens is 418 g/mol. The minimum atomic E-state index is -0.557. The molecule has 33 heavy (non-hydrogen) atoms. The van der Waals surface area contributed by atoms with E-state index in [9.17, 15) is 9.59 Å². The van der Waals surface area contributed by atoms with Gasteiger partial charge in [-0.15, -0.1) is 0 Å². The van der Waals surface area contributed by atoms with Gasteiger partial charge >= 0.3 is 6.09 Å². The summed E-state index contributed by atoms with van der Waals surface area (Å²) in [4.78, 5) is 32.3. The van der Waals surface area contributed by atoms with Crippen molar-refractivity contribution in [2.24, 2.45) is 5.92 Å². The van der Waals surface area contributed by atoms with Crippen molar-refractivity contribution < 1.29 is 19.1 Å². The van der Waals surface area contributed by atoms with E-state index in [-0.39, 0.29) is 6.09 Å². The maximum absolute atomic E-state index is 12.9. The number of piperidine rings is 1. The smallest absolute Gasteiger partial charge is 0.412 e. The van der Waals surface area contributed by atoms with E-state index >= 15 is 0 Å². The Morgan fingerprint density at radius 1 is 1.15 bits per heavy atom. The minimum absolute atomic E-state index is 0.337. The predicted molar refractivity (Wildman–Crippen MR) is 126 cm³/mol. The summed E-state index contributed by atoms with van der Waals surface area (Å²) in [5.74, 6) is 0.386. The number of rotatable bonds is 5. The first-order valence-electron chi connectivity index (χ1n) is 11.7. The monoisotopic (exact) mass is 451 g/mol. The van der Waals surface area contributed by atoms with Crippen LogP contribution in [0.5, 0.6) is 0 Å². The van der Waals surface area contributed by atoms with Gasteiger partial charge in [0.25, 0.3) is 0 Å². The molecule has 3 heterocycles. The number of aldehydes is 1. The third kappa shape index (κ3) is 5.53. The Morgan fingerprint density at radius 3 is 2.64 bits per heavy atom. The van der Waals surface area contributed by atoms with Crippen LogP contribution in [0.25, 0.3) is 0 Å². The average Bonchev–Trinajstić information content (AvgIpc) is 2.81. The summed E-state index contributed by atoms with van der Waals surface area (Å²) in [6.07, 6.45) is 6.14. The summed E-state index contributed by atoms with van der Waals surface area (Å²) < 4.78 is 12.1. The van der Waals surface area contributed by atoms with Crippen molar-refractivity contribution in [3.63, 3.8) is 0 Å². The number of anilines is 1. The van der Waals surface area contributed by atoms with Crippen LogP contribution in [-0.2, 0) is 15.9 Å². The molecule has 4 rings (SSSR count). The van der Waals surface area contributed by atoms with Crippen molar-refractivity contribution >= 4 is 18.1 Å². The Kier molecular flexibility index (Phi) is 6.98. The second-order valence-electron chi connectivity index (χ2n) is 9.79. The number of amides is 1. The number of pyridine rings is 1. The van der Waals surface area contributed by atoms with Crippen LogP contribution in [0.3, 0.4) is 0 Å². The molecule has 0 N–H and O–H groups in total. The van der Waals surface area contributed by atoms with Crippen LogP contribution >= 0.6 is 0 Å². The Bertz CT molecular complexity index is 979. The van der Waals surface area contributed by atoms with Gasteiger partial charge in [0.2, 0.25) is 0 Å². The molecule has 176 valence electrons. The van der Waals surface area contributed by atoms with Crippen molar-refractivity contribution in [1.82, 2.24) is 9.88 Å². The molecule has 1 unspecified atom stereocenters. The van der Waals surface area contributed by atoms with Gasteiger partial charge in [-0.3, -0.25) is 14.7 Å². The fraction of sp³-hybridized carbons (Fsp3) is 0.500. The number of carbonyl (C=O) groups is 2. The van der Waals surface area contributed by atoms with Gasteiger partial charge in [0.05, 0.1) is 17.9 Å². The second-order valence-corrected chi connectivity index (χ2v) is 9.79. The summed E-state index contributed by atoms with van der Waals surface area (Å²) in [6.45, 7) is 8.50. The molecule has 1 saturated heterocycles. The number of aromatic nitrogens is 1. The molecule has 0 saturated carbocycles. The van der Waals surface area contributed by atoms with E-state index in [1.54, 1.807) is 17.3 Å². The molecule has 1 atom stereocenters. The molecule has 7 nitrogen and oxygen atoms in total. The van der Waals surface area contributed by atoms with Gasteiger partial charge in [-0.2, -0.15) is 0 Å². The summed E-state index contributed by atoms with van der Waals surface area (Å²) >= 11 is 0. The van der Waals surface area contributed by atoms with Gasteiger partial charge in [-0.25, -0.2) is 4.79 Å². The summed E-state index contributed by atoms with van der Waals surface area (Å²) in [7, 11) is 0. The van der Waals surface area contributed by atoms with Gasteiger partial charge in [0, 0.05) is 37.6 Å². The second kappa shape index (κ2) is 9.91. The lowest BCUT2D eigenvalue weighted by molar-refractivity contribution is -0.0853. The van der Waals surface area contributed by atoms with Crippen LogP contribution in [0, 0.1) is 5.92 Å². The zero-order valence-corrected chi connectivity index (χ0v) is 19.7. The molecule has 0 radical (unpaired) electrons. The topological polar surface area (TPSA) is 72.0 Å². The van der Waals surface area contributed by atoms with Crippen LogP contribution in [-0.4, -0.2) is 54.1 Å². The van der Waals surface area contributed by atoms with Gasteiger partial charge in [0.15, 0.2) is 12.5 Å². The number of hydrogen-bond acceptors (Lipinski definition) is 6. The number of fused-ring (bicyclic) bond motifs is 1. The maximum Gasteiger partial charge on any atom is 0.412 e. The Labute approximate surface area is 195 Å². The lowest BCUT2D eigenvalue weighted by Gasteiger charge is -2.39. The summed E-state index contributed by atoms with van der Waals surface area (Å²) in [5.41, 5.74) is 3.27. The van der Waals surface area contributed by atoms with E-state index in [0.29, 0.717) is 24.6 Å². The highest BCUT2D eigenvalue weighted by Gasteiger charge is 2.35. The van der Waals surface area contributed by atoms with E-state index in [4.69, 9.17) is 9.47 Å². The van der Waals surface area contributed by atoms with Crippen LogP contribution < -0.4 is 4.90 Å². The zero-order valence-electron chi connectivity index (χ0n) is 19.7. The van der Waals surface area contributed by atoms with Crippen molar-refractivity contribution in [1.29, 1.82) is 0 Å². The van der Waals surface area contributed by atoms with E-state index in [2.05, 4.69) is 16.0 Å². The molecule has 2 aliphatic heterocycles. The zero-order chi connectivity index (χ0) is 23.4. The molecule has 2 aromatic rings. The predicted octanol–water partition coefficient (Wildman–Crippen LogP) is 4.62. The highest BCUT2D eigenvalue weighted by atomic mass is 16.6. The molecule has 7 heteroatoms. The van der Waals surface area contributed by atoms with E-state index in [1.165, 1.54) is 5.56 Å². The average molecular weight is 452 g/mol. The van der Waals surface area contributed by atoms with Crippen molar-refractivity contribution in [3.05, 3.63) is 59.4 Å². The number of hydrogen-bond donors (Lipinski definition) is 0. The first-order chi connectivity index (χ1) is 15.9. The lowest BCUT2D eigenvalue weighted by Crippen LogP contribution is -2.44. The maximum atomic E-state index is 12.9. The Balaban J connectivity index is 1.41. The molecule has 2 aliphatic rings. The highest BCUT2D eigenvalue weighted by Crippen LogP contribution is 2.33. The van der Waals surface area contributed by atoms with Crippen LogP contribution in [0.15, 0.2) is 42.7 Å². The summed E-state index contributed by atoms with van der Waals surface area (Å²) in [6, 6.07) is 10.1. The molecule has 1 aromatic heterocycles. The molecular formula is C26H33N3O4. The van der Waals surface area contributed by atoms with Gasteiger partial charge in [-0.1, -0.05) is 24.3 Å². The van der Waals surface area contributed by atoms with Gasteiger partial charge in [-0.05, 0) is 57.6 Å². The van der Waals surface area contributed by atoms with E-state index in [0.717, 1.165) is 49.9 Å². The number of benzene rings is 1. The highest BCUT2D eigenvalue weighted by molar-refractivity contribution is 5.83. The molecule has 1 fully saturated rings. The fourth-order valence-electron chi connectivity index (χ4n) is 4.56. The third-order valence-corrected chi connectivity index (χ3v) is 6.25. The minimum Gasteiger partial charge on any atom is -0.444 e. The SMILES string of the molecule is CC(C)(C)OC(=O)N1CCc2ccccc2C1OCC1CCN(c2ccncc2C=O)CC1. The largest absolute Gasteiger partial charge is 0.444 e. The lowest BCUT2D eigenvalue weighted by atomic mass is 9.96. The quantitative estimate of drug-likeness (QED) is 0.618. The van der Waals surface area contributed by atoms with Gasteiger partial charge < -0.3 is 14.4 Å². The van der Waals surface area contributed by atoms with Crippen LogP contribution in [0.2, 0.25) is 0 Å². The Morgan fingerprint density at radius 2 is 1.91 bits per heavy atom. The first-order valence-corrected chi connectivity index (χ1v) is 11.7. The number of nitrogens with zero attached hydrogens (tertiary/aromatic N) is 3. The molecule has 1 aromatic carbocycles. The van der Waals surface area contributed by atoms with Crippen molar-refractivity contribution in [2.45, 2.75) is 51.9 Å². The van der Waals surface area contributed by atoms with Crippen molar-refractivity contribution in [2.75, 3.05) is 31.1 Å². The van der Waals surface area contributed by atoms with Gasteiger partial charge in [0.1, 0.15) is 5.60 Å².